The molecule has 4 heteroatoms. The molecule has 1 N–H and O–H groups in total. The van der Waals surface area contributed by atoms with Gasteiger partial charge in [-0.3, -0.25) is 9.11 Å². The van der Waals surface area contributed by atoms with Gasteiger partial charge in [-0.2, -0.15) is 0 Å². The molecule has 3 nitrogen and oxygen atoms in total. The zero-order valence-electron chi connectivity index (χ0n) is 11.4. The predicted octanol–water partition coefficient (Wildman–Crippen LogP) is 1.39. The molecule has 0 bridgehead atoms. The highest BCUT2D eigenvalue weighted by atomic mass is 32.2. The number of nitrogens with one attached hydrogen (secondary N) is 1. The molecule has 1 rings (SSSR count). The van der Waals surface area contributed by atoms with Gasteiger partial charge in [-0.25, -0.2) is 0 Å². The molecule has 0 radical (unpaired) electrons. The van der Waals surface area contributed by atoms with Crippen molar-refractivity contribution in [3.05, 3.63) is 11.6 Å². The summed E-state index contributed by atoms with van der Waals surface area (Å²) in [5.74, 6) is 0.776. The maximum Gasteiger partial charge on any atom is 0.0357 e. The van der Waals surface area contributed by atoms with Crippen LogP contribution in [0.25, 0.3) is 0 Å². The van der Waals surface area contributed by atoms with Gasteiger partial charge in [0.2, 0.25) is 0 Å². The molecule has 1 aliphatic heterocycles. The highest BCUT2D eigenvalue weighted by Gasteiger charge is 2.17. The number of piperidine rings is 1. The lowest BCUT2D eigenvalue weighted by molar-refractivity contribution is 0.216. The van der Waals surface area contributed by atoms with E-state index in [1.807, 2.05) is 0 Å². The number of allylic oxidation sites excluding steroid dienone is 1. The molecule has 0 aromatic rings. The van der Waals surface area contributed by atoms with Gasteiger partial charge < -0.3 is 5.32 Å². The van der Waals surface area contributed by atoms with Crippen molar-refractivity contribution in [3.63, 3.8) is 0 Å². The molecule has 1 atom stereocenters. The molecular weight excluding hydrogens is 232 g/mol. The number of likely N-dealkylation sites (tertiary alicyclic amines) is 1. The molecule has 0 aromatic heterocycles. The minimum atomic E-state index is -0.666. The van der Waals surface area contributed by atoms with E-state index in [0.717, 1.165) is 18.8 Å². The average Bonchev–Trinajstić information content (AvgIpc) is 2.27. The highest BCUT2D eigenvalue weighted by molar-refractivity contribution is 7.84. The first-order valence-electron chi connectivity index (χ1n) is 6.47. The van der Waals surface area contributed by atoms with Crippen LogP contribution >= 0.6 is 0 Å². The lowest BCUT2D eigenvalue weighted by Gasteiger charge is -2.31. The third-order valence-electron chi connectivity index (χ3n) is 3.17. The van der Waals surface area contributed by atoms with Crippen molar-refractivity contribution >= 4 is 10.8 Å². The summed E-state index contributed by atoms with van der Waals surface area (Å²) in [6.07, 6.45) is 6.50. The van der Waals surface area contributed by atoms with Crippen molar-refractivity contribution in [2.75, 3.05) is 38.2 Å². The SMILES string of the molecule is CC(C)=CCN1CCC(NCCS(C)=O)CC1. The van der Waals surface area contributed by atoms with Crippen LogP contribution in [-0.2, 0) is 10.8 Å². The smallest absolute Gasteiger partial charge is 0.0357 e. The Bertz CT molecular complexity index is 267. The first-order valence-corrected chi connectivity index (χ1v) is 8.20. The third-order valence-corrected chi connectivity index (χ3v) is 3.95. The van der Waals surface area contributed by atoms with E-state index >= 15 is 0 Å². The van der Waals surface area contributed by atoms with Crippen LogP contribution in [0.3, 0.4) is 0 Å². The standard InChI is InChI=1S/C13H26N2OS/c1-12(2)4-8-15-9-5-13(6-10-15)14-7-11-17(3)16/h4,13-14H,5-11H2,1-3H3. The van der Waals surface area contributed by atoms with Crippen LogP contribution < -0.4 is 5.32 Å². The number of hydrogen-bond donors (Lipinski definition) is 1. The fourth-order valence-electron chi connectivity index (χ4n) is 2.04. The van der Waals surface area contributed by atoms with Crippen LogP contribution in [0, 0.1) is 0 Å². The van der Waals surface area contributed by atoms with Gasteiger partial charge in [0.05, 0.1) is 0 Å². The largest absolute Gasteiger partial charge is 0.313 e. The van der Waals surface area contributed by atoms with Gasteiger partial charge in [0.1, 0.15) is 0 Å². The quantitative estimate of drug-likeness (QED) is 0.731. The Morgan fingerprint density at radius 3 is 2.59 bits per heavy atom. The van der Waals surface area contributed by atoms with Crippen LogP contribution in [0.1, 0.15) is 26.7 Å². The van der Waals surface area contributed by atoms with Gasteiger partial charge >= 0.3 is 0 Å². The minimum absolute atomic E-state index is 0.626. The molecule has 17 heavy (non-hydrogen) atoms. The Hall–Kier alpha value is -0.190. The Morgan fingerprint density at radius 1 is 1.41 bits per heavy atom. The fourth-order valence-corrected chi connectivity index (χ4v) is 2.44. The van der Waals surface area contributed by atoms with Gasteiger partial charge in [-0.05, 0) is 39.8 Å². The Balaban J connectivity index is 2.13. The molecule has 1 saturated heterocycles. The molecule has 0 aliphatic carbocycles. The molecule has 1 aliphatic rings. The number of rotatable bonds is 6. The molecule has 0 saturated carbocycles. The van der Waals surface area contributed by atoms with Crippen molar-refractivity contribution in [1.29, 1.82) is 0 Å². The van der Waals surface area contributed by atoms with E-state index in [1.165, 1.54) is 31.5 Å². The van der Waals surface area contributed by atoms with Crippen LogP contribution in [0.4, 0.5) is 0 Å². The minimum Gasteiger partial charge on any atom is -0.313 e. The summed E-state index contributed by atoms with van der Waals surface area (Å²) in [6.45, 7) is 8.64. The summed E-state index contributed by atoms with van der Waals surface area (Å²) in [6, 6.07) is 0.626. The second-order valence-electron chi connectivity index (χ2n) is 5.09. The fraction of sp³-hybridized carbons (Fsp3) is 0.846. The van der Waals surface area contributed by atoms with Crippen LogP contribution in [0.15, 0.2) is 11.6 Å². The van der Waals surface area contributed by atoms with Gasteiger partial charge in [0, 0.05) is 41.9 Å². The Labute approximate surface area is 108 Å². The Kier molecular flexibility index (Phi) is 7.00. The highest BCUT2D eigenvalue weighted by Crippen LogP contribution is 2.10. The topological polar surface area (TPSA) is 32.3 Å². The summed E-state index contributed by atoms with van der Waals surface area (Å²) in [5.41, 5.74) is 1.40. The molecule has 0 aromatic carbocycles. The van der Waals surface area contributed by atoms with Crippen LogP contribution in [-0.4, -0.2) is 53.3 Å². The van der Waals surface area contributed by atoms with Crippen LogP contribution in [0.2, 0.25) is 0 Å². The van der Waals surface area contributed by atoms with E-state index in [0.29, 0.717) is 6.04 Å². The normalized spacial score (nSPS) is 20.2. The van der Waals surface area contributed by atoms with E-state index in [-0.39, 0.29) is 0 Å². The first-order chi connectivity index (χ1) is 8.08. The van der Waals surface area contributed by atoms with Crippen molar-refractivity contribution in [3.8, 4) is 0 Å². The summed E-state index contributed by atoms with van der Waals surface area (Å²) in [5, 5.41) is 3.50. The molecule has 0 spiro atoms. The van der Waals surface area contributed by atoms with Crippen molar-refractivity contribution in [1.82, 2.24) is 10.2 Å². The zero-order valence-corrected chi connectivity index (χ0v) is 12.2. The number of hydrogen-bond acceptors (Lipinski definition) is 3. The second kappa shape index (κ2) is 8.01. The zero-order chi connectivity index (χ0) is 12.7. The molecule has 1 heterocycles. The van der Waals surface area contributed by atoms with E-state index < -0.39 is 10.8 Å². The lowest BCUT2D eigenvalue weighted by Crippen LogP contribution is -2.43. The molecule has 1 fully saturated rings. The summed E-state index contributed by atoms with van der Waals surface area (Å²) >= 11 is 0. The van der Waals surface area contributed by atoms with Gasteiger partial charge in [-0.1, -0.05) is 11.6 Å². The van der Waals surface area contributed by atoms with Crippen molar-refractivity contribution in [2.45, 2.75) is 32.7 Å². The van der Waals surface area contributed by atoms with Crippen molar-refractivity contribution < 1.29 is 4.21 Å². The monoisotopic (exact) mass is 258 g/mol. The van der Waals surface area contributed by atoms with Gasteiger partial charge in [0.15, 0.2) is 0 Å². The molecule has 100 valence electrons. The van der Waals surface area contributed by atoms with Gasteiger partial charge in [-0.15, -0.1) is 0 Å². The molecule has 0 amide bonds. The molecular formula is C13H26N2OS. The predicted molar refractivity (Wildman–Crippen MR) is 75.8 cm³/mol. The molecule has 1 unspecified atom stereocenters. The van der Waals surface area contributed by atoms with E-state index in [4.69, 9.17) is 0 Å². The van der Waals surface area contributed by atoms with E-state index in [1.54, 1.807) is 6.26 Å². The first kappa shape index (κ1) is 14.9. The van der Waals surface area contributed by atoms with Crippen LogP contribution in [0.5, 0.6) is 0 Å². The summed E-state index contributed by atoms with van der Waals surface area (Å²) in [7, 11) is -0.666. The number of nitrogens with zero attached hydrogens (tertiary/aromatic N) is 1. The average molecular weight is 258 g/mol. The van der Waals surface area contributed by atoms with E-state index in [2.05, 4.69) is 30.1 Å². The second-order valence-corrected chi connectivity index (χ2v) is 6.64. The summed E-state index contributed by atoms with van der Waals surface area (Å²) in [4.78, 5) is 2.50. The maximum absolute atomic E-state index is 10.9. The summed E-state index contributed by atoms with van der Waals surface area (Å²) < 4.78 is 10.9. The Morgan fingerprint density at radius 2 is 2.06 bits per heavy atom. The van der Waals surface area contributed by atoms with Crippen molar-refractivity contribution in [2.24, 2.45) is 0 Å². The van der Waals surface area contributed by atoms with Gasteiger partial charge in [0.25, 0.3) is 0 Å². The lowest BCUT2D eigenvalue weighted by atomic mass is 10.1. The maximum atomic E-state index is 10.9. The van der Waals surface area contributed by atoms with E-state index in [9.17, 15) is 4.21 Å². The third kappa shape index (κ3) is 6.96.